The molecule has 0 atom stereocenters. The molecule has 28 heavy (non-hydrogen) atoms. The first kappa shape index (κ1) is 19.6. The lowest BCUT2D eigenvalue weighted by Crippen LogP contribution is -2.29. The third-order valence-electron chi connectivity index (χ3n) is 4.51. The molecule has 3 rings (SSSR count). The van der Waals surface area contributed by atoms with E-state index in [0.717, 1.165) is 33.8 Å². The summed E-state index contributed by atoms with van der Waals surface area (Å²) < 4.78 is 12.0. The number of aryl methyl sites for hydroxylation is 2. The Hall–Kier alpha value is -3.12. The first-order valence-corrected chi connectivity index (χ1v) is 9.12. The van der Waals surface area contributed by atoms with Crippen LogP contribution < -0.4 is 10.1 Å². The summed E-state index contributed by atoms with van der Waals surface area (Å²) in [5.74, 6) is 0.584. The molecule has 0 spiro atoms. The number of methoxy groups -OCH3 is 2. The molecule has 1 N–H and O–H groups in total. The first-order valence-electron chi connectivity index (χ1n) is 9.12. The van der Waals surface area contributed by atoms with E-state index in [1.807, 2.05) is 62.4 Å². The number of benzene rings is 2. The van der Waals surface area contributed by atoms with E-state index in [1.54, 1.807) is 18.9 Å². The van der Waals surface area contributed by atoms with Gasteiger partial charge in [0.15, 0.2) is 0 Å². The van der Waals surface area contributed by atoms with Gasteiger partial charge in [0.2, 0.25) is 0 Å². The third-order valence-corrected chi connectivity index (χ3v) is 4.51. The van der Waals surface area contributed by atoms with Gasteiger partial charge in [0.25, 0.3) is 5.91 Å². The molecule has 0 bridgehead atoms. The van der Waals surface area contributed by atoms with Crippen molar-refractivity contribution in [3.05, 3.63) is 65.4 Å². The van der Waals surface area contributed by atoms with Crippen LogP contribution in [0.25, 0.3) is 16.9 Å². The maximum atomic E-state index is 12.8. The number of amides is 1. The fraction of sp³-hybridized carbons (Fsp3) is 0.273. The number of hydrogen-bond donors (Lipinski definition) is 1. The van der Waals surface area contributed by atoms with E-state index in [1.165, 1.54) is 0 Å². The zero-order chi connectivity index (χ0) is 20.1. The minimum Gasteiger partial charge on any atom is -0.497 e. The van der Waals surface area contributed by atoms with E-state index in [4.69, 9.17) is 14.6 Å². The summed E-state index contributed by atoms with van der Waals surface area (Å²) in [7, 11) is 3.24. The maximum Gasteiger partial charge on any atom is 0.270 e. The second kappa shape index (κ2) is 8.71. The van der Waals surface area contributed by atoms with Gasteiger partial charge in [-0.05, 0) is 61.4 Å². The first-order chi connectivity index (χ1) is 13.5. The van der Waals surface area contributed by atoms with Crippen molar-refractivity contribution in [3.8, 4) is 22.7 Å². The molecule has 6 nitrogen and oxygen atoms in total. The second-order valence-corrected chi connectivity index (χ2v) is 6.59. The molecule has 1 aromatic heterocycles. The number of carbonyl (C=O) groups is 1. The van der Waals surface area contributed by atoms with Gasteiger partial charge >= 0.3 is 0 Å². The van der Waals surface area contributed by atoms with Gasteiger partial charge in [0, 0.05) is 19.2 Å². The molecule has 0 aliphatic rings. The number of rotatable bonds is 7. The SMILES string of the molecule is COCCNC(=O)c1cc(-c2ccc(OC)cc2)nn1-c1cc(C)ccc1C. The van der Waals surface area contributed by atoms with E-state index in [-0.39, 0.29) is 5.91 Å². The summed E-state index contributed by atoms with van der Waals surface area (Å²) >= 11 is 0. The van der Waals surface area contributed by atoms with Gasteiger partial charge in [-0.3, -0.25) is 4.79 Å². The number of nitrogens with zero attached hydrogens (tertiary/aromatic N) is 2. The van der Waals surface area contributed by atoms with Gasteiger partial charge in [0.05, 0.1) is 25.1 Å². The van der Waals surface area contributed by atoms with Crippen molar-refractivity contribution in [2.45, 2.75) is 13.8 Å². The highest BCUT2D eigenvalue weighted by molar-refractivity contribution is 5.94. The zero-order valence-electron chi connectivity index (χ0n) is 16.7. The molecule has 0 saturated carbocycles. The molecule has 3 aromatic rings. The highest BCUT2D eigenvalue weighted by Crippen LogP contribution is 2.25. The molecule has 0 unspecified atom stereocenters. The standard InChI is InChI=1S/C22H25N3O3/c1-15-5-6-16(2)20(13-15)25-21(22(26)23-11-12-27-3)14-19(24-25)17-7-9-18(28-4)10-8-17/h5-10,13-14H,11-12H2,1-4H3,(H,23,26). The topological polar surface area (TPSA) is 65.4 Å². The van der Waals surface area contributed by atoms with Crippen LogP contribution in [0.3, 0.4) is 0 Å². The number of carbonyl (C=O) groups excluding carboxylic acids is 1. The Morgan fingerprint density at radius 1 is 1.07 bits per heavy atom. The van der Waals surface area contributed by atoms with E-state index in [0.29, 0.717) is 18.8 Å². The Bertz CT molecular complexity index is 962. The summed E-state index contributed by atoms with van der Waals surface area (Å²) in [6.07, 6.45) is 0. The molecule has 0 aliphatic carbocycles. The normalized spacial score (nSPS) is 10.7. The van der Waals surface area contributed by atoms with Crippen molar-refractivity contribution in [1.29, 1.82) is 0 Å². The molecular weight excluding hydrogens is 354 g/mol. The van der Waals surface area contributed by atoms with Crippen LogP contribution in [0.15, 0.2) is 48.5 Å². The lowest BCUT2D eigenvalue weighted by Gasteiger charge is -2.11. The van der Waals surface area contributed by atoms with E-state index < -0.39 is 0 Å². The lowest BCUT2D eigenvalue weighted by molar-refractivity contribution is 0.0929. The predicted molar refractivity (Wildman–Crippen MR) is 109 cm³/mol. The quantitative estimate of drug-likeness (QED) is 0.638. The number of aromatic nitrogens is 2. The van der Waals surface area contributed by atoms with Crippen LogP contribution in [-0.2, 0) is 4.74 Å². The van der Waals surface area contributed by atoms with Crippen LogP contribution >= 0.6 is 0 Å². The molecular formula is C22H25N3O3. The summed E-state index contributed by atoms with van der Waals surface area (Å²) in [4.78, 5) is 12.8. The van der Waals surface area contributed by atoms with Crippen LogP contribution in [-0.4, -0.2) is 43.1 Å². The smallest absolute Gasteiger partial charge is 0.270 e. The fourth-order valence-electron chi connectivity index (χ4n) is 2.93. The van der Waals surface area contributed by atoms with Gasteiger partial charge in [-0.15, -0.1) is 0 Å². The molecule has 0 aliphatic heterocycles. The van der Waals surface area contributed by atoms with Gasteiger partial charge in [-0.2, -0.15) is 5.10 Å². The van der Waals surface area contributed by atoms with Gasteiger partial charge in [-0.1, -0.05) is 12.1 Å². The predicted octanol–water partition coefficient (Wildman–Crippen LogP) is 3.54. The van der Waals surface area contributed by atoms with E-state index in [9.17, 15) is 4.79 Å². The van der Waals surface area contributed by atoms with Crippen molar-refractivity contribution >= 4 is 5.91 Å². The third kappa shape index (κ3) is 4.23. The average Bonchev–Trinajstić information content (AvgIpc) is 3.15. The van der Waals surface area contributed by atoms with Crippen LogP contribution in [0.1, 0.15) is 21.6 Å². The number of nitrogens with one attached hydrogen (secondary N) is 1. The molecule has 1 amide bonds. The highest BCUT2D eigenvalue weighted by Gasteiger charge is 2.18. The molecule has 0 saturated heterocycles. The van der Waals surface area contributed by atoms with Crippen molar-refractivity contribution in [2.24, 2.45) is 0 Å². The van der Waals surface area contributed by atoms with Crippen LogP contribution in [0.5, 0.6) is 5.75 Å². The number of ether oxygens (including phenoxy) is 2. The maximum absolute atomic E-state index is 12.8. The minimum atomic E-state index is -0.190. The fourth-order valence-corrected chi connectivity index (χ4v) is 2.93. The highest BCUT2D eigenvalue weighted by atomic mass is 16.5. The Balaban J connectivity index is 2.06. The summed E-state index contributed by atoms with van der Waals surface area (Å²) in [5.41, 5.74) is 5.15. The van der Waals surface area contributed by atoms with Gasteiger partial charge in [0.1, 0.15) is 11.4 Å². The van der Waals surface area contributed by atoms with Crippen LogP contribution in [0, 0.1) is 13.8 Å². The molecule has 2 aromatic carbocycles. The molecule has 146 valence electrons. The van der Waals surface area contributed by atoms with Crippen molar-refractivity contribution in [3.63, 3.8) is 0 Å². The monoisotopic (exact) mass is 379 g/mol. The molecule has 0 radical (unpaired) electrons. The van der Waals surface area contributed by atoms with Gasteiger partial charge in [-0.25, -0.2) is 4.68 Å². The average molecular weight is 379 g/mol. The zero-order valence-corrected chi connectivity index (χ0v) is 16.7. The molecule has 6 heteroatoms. The Kier molecular flexibility index (Phi) is 6.11. The van der Waals surface area contributed by atoms with Crippen molar-refractivity contribution in [1.82, 2.24) is 15.1 Å². The Morgan fingerprint density at radius 2 is 1.82 bits per heavy atom. The minimum absolute atomic E-state index is 0.190. The largest absolute Gasteiger partial charge is 0.497 e. The van der Waals surface area contributed by atoms with E-state index in [2.05, 4.69) is 5.32 Å². The van der Waals surface area contributed by atoms with Crippen molar-refractivity contribution < 1.29 is 14.3 Å². The molecule has 1 heterocycles. The van der Waals surface area contributed by atoms with E-state index >= 15 is 0 Å². The summed E-state index contributed by atoms with van der Waals surface area (Å²) in [5, 5.41) is 7.62. The van der Waals surface area contributed by atoms with Crippen LogP contribution in [0.2, 0.25) is 0 Å². The Labute approximate surface area is 165 Å². The number of hydrogen-bond acceptors (Lipinski definition) is 4. The second-order valence-electron chi connectivity index (χ2n) is 6.59. The van der Waals surface area contributed by atoms with Gasteiger partial charge < -0.3 is 14.8 Å². The van der Waals surface area contributed by atoms with Crippen molar-refractivity contribution in [2.75, 3.05) is 27.4 Å². The molecule has 0 fully saturated rings. The summed E-state index contributed by atoms with van der Waals surface area (Å²) in [6.45, 7) is 4.92. The van der Waals surface area contributed by atoms with Crippen LogP contribution in [0.4, 0.5) is 0 Å². The lowest BCUT2D eigenvalue weighted by atomic mass is 10.1. The Morgan fingerprint density at radius 3 is 2.50 bits per heavy atom. The summed E-state index contributed by atoms with van der Waals surface area (Å²) in [6, 6.07) is 15.5.